The molecule has 3 aromatic rings. The molecule has 1 aliphatic heterocycles. The maximum absolute atomic E-state index is 14.0. The number of carbonyl (C=O) groups excluding carboxylic acids is 4. The largest absolute Gasteiger partial charge is 0.489 e. The van der Waals surface area contributed by atoms with Crippen LogP contribution in [-0.2, 0) is 19.1 Å². The van der Waals surface area contributed by atoms with E-state index in [1.54, 1.807) is 30.3 Å². The maximum atomic E-state index is 14.0. The second-order valence-electron chi connectivity index (χ2n) is 19.7. The Bertz CT molecular complexity index is 2300. The molecule has 0 bridgehead atoms. The summed E-state index contributed by atoms with van der Waals surface area (Å²) in [6.45, 7) is 15.0. The number of aromatic amines is 1. The number of H-pyrrole nitrogens is 1. The number of likely N-dealkylation sites (tertiary alicyclic amines) is 1. The van der Waals surface area contributed by atoms with E-state index in [1.807, 2.05) is 45.1 Å². The number of ether oxygens (including phenoxy) is 2. The van der Waals surface area contributed by atoms with E-state index in [1.165, 1.54) is 11.2 Å². The fourth-order valence-electron chi connectivity index (χ4n) is 9.48. The van der Waals surface area contributed by atoms with Crippen molar-refractivity contribution in [3.8, 4) is 11.8 Å². The van der Waals surface area contributed by atoms with Gasteiger partial charge in [0.15, 0.2) is 5.82 Å². The summed E-state index contributed by atoms with van der Waals surface area (Å²) in [4.78, 5) is 59.3. The Hall–Kier alpha value is -5.76. The Kier molecular flexibility index (Phi) is 16.0. The topological polar surface area (TPSA) is 224 Å². The van der Waals surface area contributed by atoms with Crippen LogP contribution in [0.15, 0.2) is 66.5 Å². The lowest BCUT2D eigenvalue weighted by molar-refractivity contribution is -0.164. The van der Waals surface area contributed by atoms with Gasteiger partial charge in [-0.1, -0.05) is 77.8 Å². The van der Waals surface area contributed by atoms with E-state index < -0.39 is 35.4 Å². The average Bonchev–Trinajstić information content (AvgIpc) is 3.97. The molecule has 0 unspecified atom stereocenters. The van der Waals surface area contributed by atoms with Crippen molar-refractivity contribution in [2.24, 2.45) is 16.2 Å². The van der Waals surface area contributed by atoms with E-state index in [2.05, 4.69) is 70.2 Å². The van der Waals surface area contributed by atoms with E-state index in [0.29, 0.717) is 41.6 Å². The second kappa shape index (κ2) is 21.3. The van der Waals surface area contributed by atoms with Gasteiger partial charge in [-0.2, -0.15) is 10.4 Å². The molecule has 4 amide bonds. The molecule has 3 atom stereocenters. The summed E-state index contributed by atoms with van der Waals surface area (Å²) >= 11 is 6.24. The first-order valence-electron chi connectivity index (χ1n) is 22.7. The number of nitrogens with one attached hydrogen (secondary N) is 5. The molecule has 6 N–H and O–H groups in total. The summed E-state index contributed by atoms with van der Waals surface area (Å²) < 4.78 is 12.0. The lowest BCUT2D eigenvalue weighted by Gasteiger charge is -2.63. The van der Waals surface area contributed by atoms with Crippen molar-refractivity contribution >= 4 is 46.5 Å². The standard InChI is InChI=1S/C49H64ClN9O7/c1-47(2,3)40(44(64)59-27-35(60)23-38(59)43(63)53-26-30-11-13-31(14-12-30)41-54-29-55-58-41)56-39(61)28-65-22-10-8-9-21-52-34-18-15-32(16-19-34)42(62)57-45-48(4,5)46(49(45,6)7)66-36-20-17-33(25-51)37(50)24-36/h11,13,15-20,24,29,35,38,40,45-46,52,60H,8-10,12,14,21-23,26-28H2,1-7H3,(H,53,63)(H,56,61)(H,57,62)(H,54,55,58)/t35-,38+,40-,45?,46?/m1/s1. The fourth-order valence-corrected chi connectivity index (χ4v) is 9.69. The molecule has 16 nitrogen and oxygen atoms in total. The molecular weight excluding hydrogens is 862 g/mol. The third-order valence-electron chi connectivity index (χ3n) is 12.8. The number of unbranched alkanes of at least 4 members (excludes halogenated alkanes) is 2. The molecule has 0 radical (unpaired) electrons. The van der Waals surface area contributed by atoms with Gasteiger partial charge in [0.05, 0.1) is 16.7 Å². The number of aromatic nitrogens is 3. The lowest BCUT2D eigenvalue weighted by Crippen LogP contribution is -2.74. The lowest BCUT2D eigenvalue weighted by atomic mass is 9.49. The van der Waals surface area contributed by atoms with E-state index in [4.69, 9.17) is 21.1 Å². The monoisotopic (exact) mass is 925 g/mol. The van der Waals surface area contributed by atoms with Crippen LogP contribution in [0.3, 0.4) is 0 Å². The Balaban J connectivity index is 0.873. The number of nitrogens with zero attached hydrogens (tertiary/aromatic N) is 4. The molecule has 66 heavy (non-hydrogen) atoms. The number of benzene rings is 2. The molecule has 3 aliphatic rings. The highest BCUT2D eigenvalue weighted by Gasteiger charge is 2.64. The number of allylic oxidation sites excluding steroid dienone is 3. The number of aliphatic hydroxyl groups is 1. The van der Waals surface area contributed by atoms with Crippen molar-refractivity contribution in [1.82, 2.24) is 36.0 Å². The molecule has 6 rings (SSSR count). The normalized spacial score (nSPS) is 21.3. The molecule has 2 heterocycles. The molecule has 354 valence electrons. The van der Waals surface area contributed by atoms with Gasteiger partial charge < -0.3 is 40.7 Å². The van der Waals surface area contributed by atoms with Crippen LogP contribution in [0, 0.1) is 27.6 Å². The number of rotatable bonds is 19. The molecule has 2 aliphatic carbocycles. The zero-order valence-electron chi connectivity index (χ0n) is 39.0. The smallest absolute Gasteiger partial charge is 0.251 e. The van der Waals surface area contributed by atoms with Gasteiger partial charge in [0.25, 0.3) is 5.91 Å². The summed E-state index contributed by atoms with van der Waals surface area (Å²) in [6, 6.07) is 12.5. The summed E-state index contributed by atoms with van der Waals surface area (Å²) in [5.41, 5.74) is 2.46. The summed E-state index contributed by atoms with van der Waals surface area (Å²) in [6.07, 6.45) is 8.34. The van der Waals surface area contributed by atoms with Crippen LogP contribution in [0.4, 0.5) is 5.69 Å². The van der Waals surface area contributed by atoms with Crippen molar-refractivity contribution in [3.05, 3.63) is 88.5 Å². The second-order valence-corrected chi connectivity index (χ2v) is 20.2. The number of hydrogen-bond donors (Lipinski definition) is 6. The number of aliphatic hydroxyl groups excluding tert-OH is 1. The predicted molar refractivity (Wildman–Crippen MR) is 251 cm³/mol. The van der Waals surface area contributed by atoms with Crippen molar-refractivity contribution in [3.63, 3.8) is 0 Å². The number of hydrogen-bond acceptors (Lipinski definition) is 11. The zero-order chi connectivity index (χ0) is 47.8. The third kappa shape index (κ3) is 12.0. The SMILES string of the molecule is CC1(C)C(NC(=O)c2ccc(NCCCCCOCC(=O)N[C@H](C(=O)N3C[C@H](O)C[C@H]3C(=O)NCC3=CC=C(c4ncn[nH]4)CC3)C(C)(C)C)cc2)C(C)(C)C1Oc1ccc(C#N)c(Cl)c1. The minimum absolute atomic E-state index is 0.00486. The summed E-state index contributed by atoms with van der Waals surface area (Å²) in [7, 11) is 0. The predicted octanol–water partition coefficient (Wildman–Crippen LogP) is 5.95. The van der Waals surface area contributed by atoms with Crippen molar-refractivity contribution in [1.29, 1.82) is 5.26 Å². The van der Waals surface area contributed by atoms with Crippen LogP contribution < -0.4 is 26.0 Å². The molecule has 17 heteroatoms. The van der Waals surface area contributed by atoms with Crippen LogP contribution in [0.1, 0.15) is 109 Å². The number of β-amino-alcohol motifs (C(OH)–C–C–N with tert-alkyl or cyclic N) is 1. The van der Waals surface area contributed by atoms with Crippen LogP contribution in [0.2, 0.25) is 5.02 Å². The Morgan fingerprint density at radius 1 is 1.03 bits per heavy atom. The van der Waals surface area contributed by atoms with Crippen LogP contribution in [0.5, 0.6) is 5.75 Å². The molecule has 1 saturated heterocycles. The highest BCUT2D eigenvalue weighted by molar-refractivity contribution is 6.31. The first-order valence-corrected chi connectivity index (χ1v) is 23.1. The first kappa shape index (κ1) is 49.7. The van der Waals surface area contributed by atoms with Crippen LogP contribution in [0.25, 0.3) is 5.57 Å². The van der Waals surface area contributed by atoms with E-state index in [9.17, 15) is 29.5 Å². The Morgan fingerprint density at radius 2 is 1.77 bits per heavy atom. The molecular formula is C49H64ClN9O7. The Labute approximate surface area is 392 Å². The Morgan fingerprint density at radius 3 is 2.41 bits per heavy atom. The molecule has 0 spiro atoms. The van der Waals surface area contributed by atoms with E-state index >= 15 is 0 Å². The molecule has 1 saturated carbocycles. The summed E-state index contributed by atoms with van der Waals surface area (Å²) in [5, 5.41) is 39.2. The number of nitriles is 1. The molecule has 2 fully saturated rings. The van der Waals surface area contributed by atoms with Gasteiger partial charge in [-0.3, -0.25) is 24.3 Å². The number of carbonyl (C=O) groups is 4. The number of anilines is 1. The van der Waals surface area contributed by atoms with Gasteiger partial charge >= 0.3 is 0 Å². The molecule has 2 aromatic carbocycles. The van der Waals surface area contributed by atoms with Gasteiger partial charge in [-0.05, 0) is 79.5 Å². The van der Waals surface area contributed by atoms with Crippen LogP contribution >= 0.6 is 11.6 Å². The van der Waals surface area contributed by atoms with Gasteiger partial charge in [0.1, 0.15) is 42.9 Å². The van der Waals surface area contributed by atoms with Crippen molar-refractivity contribution in [2.75, 3.05) is 38.2 Å². The highest BCUT2D eigenvalue weighted by atomic mass is 35.5. The third-order valence-corrected chi connectivity index (χ3v) is 13.1. The zero-order valence-corrected chi connectivity index (χ0v) is 39.8. The van der Waals surface area contributed by atoms with Gasteiger partial charge in [-0.25, -0.2) is 4.98 Å². The van der Waals surface area contributed by atoms with Crippen molar-refractivity contribution in [2.45, 2.75) is 117 Å². The van der Waals surface area contributed by atoms with E-state index in [0.717, 1.165) is 54.8 Å². The number of amides is 4. The summed E-state index contributed by atoms with van der Waals surface area (Å²) in [5.74, 6) is -0.0806. The minimum Gasteiger partial charge on any atom is -0.489 e. The highest BCUT2D eigenvalue weighted by Crippen LogP contribution is 2.55. The van der Waals surface area contributed by atoms with Crippen LogP contribution in [-0.4, -0.2) is 112 Å². The van der Waals surface area contributed by atoms with Gasteiger partial charge in [0.2, 0.25) is 17.7 Å². The van der Waals surface area contributed by atoms with Gasteiger partial charge in [0, 0.05) is 66.9 Å². The molecule has 1 aromatic heterocycles. The fraction of sp³-hybridized carbons (Fsp3) is 0.531. The quantitative estimate of drug-likeness (QED) is 0.0771. The van der Waals surface area contributed by atoms with Crippen molar-refractivity contribution < 1.29 is 33.8 Å². The minimum atomic E-state index is -0.942. The van der Waals surface area contributed by atoms with Gasteiger partial charge in [-0.15, -0.1) is 0 Å². The van der Waals surface area contributed by atoms with E-state index in [-0.39, 0.29) is 54.4 Å². The average molecular weight is 927 g/mol. The maximum Gasteiger partial charge on any atom is 0.251 e. The number of halogens is 1. The first-order chi connectivity index (χ1) is 31.3.